The summed E-state index contributed by atoms with van der Waals surface area (Å²) >= 11 is 5.80. The number of hydrogen-bond acceptors (Lipinski definition) is 3. The molecule has 0 saturated heterocycles. The van der Waals surface area contributed by atoms with E-state index in [0.717, 1.165) is 17.5 Å². The van der Waals surface area contributed by atoms with Gasteiger partial charge in [-0.3, -0.25) is 4.79 Å². The molecule has 1 saturated carbocycles. The predicted molar refractivity (Wildman–Crippen MR) is 64.2 cm³/mol. The van der Waals surface area contributed by atoms with Gasteiger partial charge < -0.3 is 10.6 Å². The Bertz CT molecular complexity index is 496. The summed E-state index contributed by atoms with van der Waals surface area (Å²) in [7, 11) is 1.49. The molecule has 0 radical (unpaired) electrons. The molecule has 2 N–H and O–H groups in total. The molecular weight excluding hydrogens is 244 g/mol. The zero-order valence-electron chi connectivity index (χ0n) is 9.36. The highest BCUT2D eigenvalue weighted by Gasteiger charge is 2.21. The van der Waals surface area contributed by atoms with Gasteiger partial charge in [0.1, 0.15) is 5.02 Å². The molecule has 2 rings (SSSR count). The number of hydrogen-bond donors (Lipinski definition) is 2. The molecule has 1 aliphatic rings. The van der Waals surface area contributed by atoms with Crippen molar-refractivity contribution in [2.24, 2.45) is 13.0 Å². The first-order valence-electron chi connectivity index (χ1n) is 5.34. The van der Waals surface area contributed by atoms with Crippen LogP contribution < -0.4 is 16.2 Å². The van der Waals surface area contributed by atoms with Gasteiger partial charge in [-0.25, -0.2) is 9.48 Å². The topological polar surface area (TPSA) is 76.0 Å². The van der Waals surface area contributed by atoms with Crippen molar-refractivity contribution in [2.45, 2.75) is 12.8 Å². The average molecular weight is 257 g/mol. The number of nitrogens with one attached hydrogen (secondary N) is 2. The minimum Gasteiger partial charge on any atom is -0.338 e. The summed E-state index contributed by atoms with van der Waals surface area (Å²) in [6, 6.07) is -0.367. The number of urea groups is 1. The molecular formula is C10H13ClN4O2. The summed E-state index contributed by atoms with van der Waals surface area (Å²) in [6.45, 7) is 0.654. The maximum atomic E-state index is 11.5. The van der Waals surface area contributed by atoms with Crippen molar-refractivity contribution in [1.82, 2.24) is 15.1 Å². The third kappa shape index (κ3) is 2.97. The highest BCUT2D eigenvalue weighted by molar-refractivity contribution is 6.33. The zero-order valence-corrected chi connectivity index (χ0v) is 10.1. The van der Waals surface area contributed by atoms with E-state index >= 15 is 0 Å². The van der Waals surface area contributed by atoms with Gasteiger partial charge in [0.2, 0.25) is 0 Å². The van der Waals surface area contributed by atoms with Crippen LogP contribution in [0.3, 0.4) is 0 Å². The van der Waals surface area contributed by atoms with Crippen molar-refractivity contribution in [3.63, 3.8) is 0 Å². The predicted octanol–water partition coefficient (Wildman–Crippen LogP) is 0.965. The molecule has 1 aliphatic carbocycles. The van der Waals surface area contributed by atoms with E-state index in [4.69, 9.17) is 11.6 Å². The second kappa shape index (κ2) is 4.75. The Labute approximate surface area is 103 Å². The molecule has 0 unspecified atom stereocenters. The Kier molecular flexibility index (Phi) is 3.33. The number of halogens is 1. The second-order valence-corrected chi connectivity index (χ2v) is 4.46. The normalized spacial score (nSPS) is 14.5. The van der Waals surface area contributed by atoms with E-state index in [1.54, 1.807) is 0 Å². The lowest BCUT2D eigenvalue weighted by atomic mass is 10.4. The van der Waals surface area contributed by atoms with Gasteiger partial charge in [0.05, 0.1) is 11.9 Å². The van der Waals surface area contributed by atoms with Crippen LogP contribution in [-0.2, 0) is 7.05 Å². The Morgan fingerprint density at radius 1 is 1.65 bits per heavy atom. The van der Waals surface area contributed by atoms with E-state index in [1.807, 2.05) is 0 Å². The number of aromatic nitrogens is 2. The summed E-state index contributed by atoms with van der Waals surface area (Å²) in [6.07, 6.45) is 3.67. The molecule has 6 nitrogen and oxygen atoms in total. The van der Waals surface area contributed by atoms with E-state index in [-0.39, 0.29) is 16.7 Å². The smallest absolute Gasteiger partial charge is 0.319 e. The fourth-order valence-electron chi connectivity index (χ4n) is 1.32. The quantitative estimate of drug-likeness (QED) is 0.846. The van der Waals surface area contributed by atoms with Crippen molar-refractivity contribution in [2.75, 3.05) is 11.9 Å². The molecule has 92 valence electrons. The molecule has 1 aromatic heterocycles. The third-order valence-corrected chi connectivity index (χ3v) is 2.94. The SMILES string of the molecule is Cn1ncc(NC(=O)NCC2CC2)c(Cl)c1=O. The minimum atomic E-state index is -0.438. The highest BCUT2D eigenvalue weighted by Crippen LogP contribution is 2.27. The molecule has 0 atom stereocenters. The van der Waals surface area contributed by atoms with Crippen LogP contribution in [0.5, 0.6) is 0 Å². The number of carbonyl (C=O) groups is 1. The standard InChI is InChI=1S/C10H13ClN4O2/c1-15-9(16)8(11)7(5-13-15)14-10(17)12-4-6-2-3-6/h5-6H,2-4H2,1H3,(H2,12,14,17). The van der Waals surface area contributed by atoms with Gasteiger partial charge in [-0.1, -0.05) is 11.6 Å². The lowest BCUT2D eigenvalue weighted by molar-refractivity contribution is 0.251. The van der Waals surface area contributed by atoms with Gasteiger partial charge in [-0.2, -0.15) is 5.10 Å². The van der Waals surface area contributed by atoms with Crippen LogP contribution in [0.15, 0.2) is 11.0 Å². The fourth-order valence-corrected chi connectivity index (χ4v) is 1.54. The lowest BCUT2D eigenvalue weighted by Gasteiger charge is -2.08. The van der Waals surface area contributed by atoms with E-state index in [1.165, 1.54) is 13.2 Å². The number of anilines is 1. The summed E-state index contributed by atoms with van der Waals surface area (Å²) in [5.41, 5.74) is -0.213. The number of amides is 2. The molecule has 0 spiro atoms. The first kappa shape index (κ1) is 11.9. The average Bonchev–Trinajstić information content (AvgIpc) is 3.11. The number of aryl methyl sites for hydroxylation is 1. The van der Waals surface area contributed by atoms with E-state index in [0.29, 0.717) is 12.5 Å². The number of nitrogens with zero attached hydrogens (tertiary/aromatic N) is 2. The van der Waals surface area contributed by atoms with Crippen LogP contribution in [0.2, 0.25) is 5.02 Å². The van der Waals surface area contributed by atoms with Crippen LogP contribution in [0.25, 0.3) is 0 Å². The largest absolute Gasteiger partial charge is 0.338 e. The van der Waals surface area contributed by atoms with Gasteiger partial charge in [0.25, 0.3) is 5.56 Å². The molecule has 0 bridgehead atoms. The van der Waals surface area contributed by atoms with Gasteiger partial charge >= 0.3 is 6.03 Å². The van der Waals surface area contributed by atoms with Crippen molar-refractivity contribution >= 4 is 23.3 Å². The molecule has 1 aromatic rings. The minimum absolute atomic E-state index is 0.0379. The summed E-state index contributed by atoms with van der Waals surface area (Å²) in [4.78, 5) is 22.9. The monoisotopic (exact) mass is 256 g/mol. The van der Waals surface area contributed by atoms with Crippen molar-refractivity contribution < 1.29 is 4.79 Å². The van der Waals surface area contributed by atoms with Crippen LogP contribution >= 0.6 is 11.6 Å². The molecule has 1 fully saturated rings. The fraction of sp³-hybridized carbons (Fsp3) is 0.500. The van der Waals surface area contributed by atoms with E-state index in [2.05, 4.69) is 15.7 Å². The first-order chi connectivity index (χ1) is 8.08. The molecule has 7 heteroatoms. The van der Waals surface area contributed by atoms with Gasteiger partial charge in [-0.15, -0.1) is 0 Å². The summed E-state index contributed by atoms with van der Waals surface area (Å²) in [5.74, 6) is 0.595. The van der Waals surface area contributed by atoms with E-state index < -0.39 is 5.56 Å². The maximum Gasteiger partial charge on any atom is 0.319 e. The molecule has 2 amide bonds. The Balaban J connectivity index is 1.99. The third-order valence-electron chi connectivity index (χ3n) is 2.57. The Morgan fingerprint density at radius 2 is 2.35 bits per heavy atom. The highest BCUT2D eigenvalue weighted by atomic mass is 35.5. The van der Waals surface area contributed by atoms with Crippen molar-refractivity contribution in [3.8, 4) is 0 Å². The summed E-state index contributed by atoms with van der Waals surface area (Å²) in [5, 5.41) is 8.95. The van der Waals surface area contributed by atoms with Crippen molar-refractivity contribution in [1.29, 1.82) is 0 Å². The lowest BCUT2D eigenvalue weighted by Crippen LogP contribution is -2.31. The van der Waals surface area contributed by atoms with Gasteiger partial charge in [0, 0.05) is 13.6 Å². The van der Waals surface area contributed by atoms with Gasteiger partial charge in [0.15, 0.2) is 0 Å². The second-order valence-electron chi connectivity index (χ2n) is 4.08. The zero-order chi connectivity index (χ0) is 12.4. The van der Waals surface area contributed by atoms with Gasteiger partial charge in [-0.05, 0) is 18.8 Å². The molecule has 0 aliphatic heterocycles. The van der Waals surface area contributed by atoms with Crippen molar-refractivity contribution in [3.05, 3.63) is 21.6 Å². The van der Waals surface area contributed by atoms with Crippen LogP contribution in [0.1, 0.15) is 12.8 Å². The van der Waals surface area contributed by atoms with Crippen LogP contribution in [-0.4, -0.2) is 22.4 Å². The summed E-state index contributed by atoms with van der Waals surface area (Å²) < 4.78 is 1.11. The number of carbonyl (C=O) groups excluding carboxylic acids is 1. The first-order valence-corrected chi connectivity index (χ1v) is 5.72. The van der Waals surface area contributed by atoms with Crippen LogP contribution in [0, 0.1) is 5.92 Å². The Morgan fingerprint density at radius 3 is 3.00 bits per heavy atom. The molecule has 1 heterocycles. The molecule has 0 aromatic carbocycles. The maximum absolute atomic E-state index is 11.5. The number of rotatable bonds is 3. The Hall–Kier alpha value is -1.56. The van der Waals surface area contributed by atoms with Crippen LogP contribution in [0.4, 0.5) is 10.5 Å². The van der Waals surface area contributed by atoms with E-state index in [9.17, 15) is 9.59 Å². The molecule has 17 heavy (non-hydrogen) atoms.